The number of nitrogens with zero attached hydrogens (tertiary/aromatic N) is 1. The Balaban J connectivity index is 1.97. The first-order chi connectivity index (χ1) is 15.6. The summed E-state index contributed by atoms with van der Waals surface area (Å²) in [4.78, 5) is 41.3. The van der Waals surface area contributed by atoms with Crippen LogP contribution in [0.3, 0.4) is 0 Å². The molecule has 0 amide bonds. The molecule has 2 aliphatic carbocycles. The average Bonchev–Trinajstić information content (AvgIpc) is 2.77. The van der Waals surface area contributed by atoms with Gasteiger partial charge >= 0.3 is 11.9 Å². The highest BCUT2D eigenvalue weighted by molar-refractivity contribution is 6.11. The maximum absolute atomic E-state index is 13.2. The van der Waals surface area contributed by atoms with Gasteiger partial charge in [0.05, 0.1) is 11.1 Å². The number of carbonyl (C=O) groups excluding carboxylic acids is 2. The molecule has 1 heterocycles. The molecule has 0 spiro atoms. The first kappa shape index (κ1) is 24.6. The van der Waals surface area contributed by atoms with Gasteiger partial charge in [-0.05, 0) is 48.8 Å². The van der Waals surface area contributed by atoms with Crippen LogP contribution in [0.5, 0.6) is 5.88 Å². The molecule has 2 unspecified atom stereocenters. The maximum atomic E-state index is 13.2. The van der Waals surface area contributed by atoms with E-state index >= 15 is 0 Å². The minimum atomic E-state index is -1.11. The molecule has 1 aromatic heterocycles. The van der Waals surface area contributed by atoms with Gasteiger partial charge in [0, 0.05) is 30.2 Å². The van der Waals surface area contributed by atoms with E-state index in [1.165, 1.54) is 17.7 Å². The summed E-state index contributed by atoms with van der Waals surface area (Å²) < 4.78 is 5.46. The SMILES string of the molecule is CCCCCC(=O)C1=CC2C(=C(C)CC(C)C2(C)C)C=C1C(=O)Oc1ccc(C(=O)O)cn1. The fraction of sp³-hybridized carbons (Fsp3) is 0.481. The Morgan fingerprint density at radius 3 is 2.52 bits per heavy atom. The Hall–Kier alpha value is -3.02. The third kappa shape index (κ3) is 5.15. The highest BCUT2D eigenvalue weighted by atomic mass is 16.5. The molecule has 3 rings (SSSR count). The lowest BCUT2D eigenvalue weighted by atomic mass is 9.59. The number of carboxylic acids is 1. The van der Waals surface area contributed by atoms with Crippen molar-refractivity contribution in [1.29, 1.82) is 0 Å². The van der Waals surface area contributed by atoms with Gasteiger partial charge in [-0.1, -0.05) is 52.2 Å². The van der Waals surface area contributed by atoms with Crippen LogP contribution in [0.4, 0.5) is 0 Å². The third-order valence-electron chi connectivity index (χ3n) is 7.14. The van der Waals surface area contributed by atoms with Crippen LogP contribution in [-0.2, 0) is 9.59 Å². The number of hydrogen-bond acceptors (Lipinski definition) is 5. The van der Waals surface area contributed by atoms with Crippen molar-refractivity contribution in [2.24, 2.45) is 17.3 Å². The van der Waals surface area contributed by atoms with Gasteiger partial charge in [0.1, 0.15) is 0 Å². The second kappa shape index (κ2) is 9.86. The fourth-order valence-electron chi connectivity index (χ4n) is 4.62. The van der Waals surface area contributed by atoms with Crippen LogP contribution in [0.25, 0.3) is 0 Å². The number of Topliss-reactive ketones (excluding diaryl/α,β-unsaturated/α-hetero) is 1. The van der Waals surface area contributed by atoms with Crippen LogP contribution in [0.15, 0.2) is 52.8 Å². The number of rotatable bonds is 8. The number of esters is 1. The molecule has 0 aliphatic heterocycles. The van der Waals surface area contributed by atoms with Crippen LogP contribution in [0.1, 0.15) is 77.1 Å². The molecular weight excluding hydrogens is 418 g/mol. The highest BCUT2D eigenvalue weighted by Gasteiger charge is 2.43. The molecule has 2 aliphatic rings. The van der Waals surface area contributed by atoms with E-state index in [-0.39, 0.29) is 34.1 Å². The van der Waals surface area contributed by atoms with E-state index in [0.29, 0.717) is 17.9 Å². The van der Waals surface area contributed by atoms with Gasteiger partial charge in [0.15, 0.2) is 5.78 Å². The summed E-state index contributed by atoms with van der Waals surface area (Å²) in [6, 6.07) is 2.67. The van der Waals surface area contributed by atoms with Crippen molar-refractivity contribution in [3.05, 3.63) is 58.3 Å². The first-order valence-corrected chi connectivity index (χ1v) is 11.6. The second-order valence-corrected chi connectivity index (χ2v) is 9.74. The van der Waals surface area contributed by atoms with Gasteiger partial charge in [0.2, 0.25) is 5.88 Å². The van der Waals surface area contributed by atoms with Crippen molar-refractivity contribution in [2.45, 2.75) is 66.7 Å². The topological polar surface area (TPSA) is 93.6 Å². The van der Waals surface area contributed by atoms with E-state index in [1.54, 1.807) is 0 Å². The summed E-state index contributed by atoms with van der Waals surface area (Å²) >= 11 is 0. The Bertz CT molecular complexity index is 1040. The van der Waals surface area contributed by atoms with E-state index in [1.807, 2.05) is 12.2 Å². The lowest BCUT2D eigenvalue weighted by Crippen LogP contribution is -2.37. The summed E-state index contributed by atoms with van der Waals surface area (Å²) in [6.07, 6.45) is 9.00. The van der Waals surface area contributed by atoms with Crippen molar-refractivity contribution in [2.75, 3.05) is 0 Å². The number of aromatic nitrogens is 1. The monoisotopic (exact) mass is 451 g/mol. The number of fused-ring (bicyclic) bond motifs is 1. The van der Waals surface area contributed by atoms with Gasteiger partial charge in [-0.3, -0.25) is 4.79 Å². The lowest BCUT2D eigenvalue weighted by Gasteiger charge is -2.45. The predicted molar refractivity (Wildman–Crippen MR) is 126 cm³/mol. The van der Waals surface area contributed by atoms with Gasteiger partial charge in [-0.15, -0.1) is 0 Å². The lowest BCUT2D eigenvalue weighted by molar-refractivity contribution is -0.130. The number of ether oxygens (including phenoxy) is 1. The largest absolute Gasteiger partial charge is 0.478 e. The summed E-state index contributed by atoms with van der Waals surface area (Å²) in [5, 5.41) is 9.03. The molecule has 0 fully saturated rings. The molecule has 176 valence electrons. The number of carbonyl (C=O) groups is 3. The number of allylic oxidation sites excluding steroid dienone is 4. The zero-order valence-corrected chi connectivity index (χ0v) is 20.1. The molecule has 1 aromatic rings. The molecule has 0 aromatic carbocycles. The van der Waals surface area contributed by atoms with Crippen molar-refractivity contribution in [3.63, 3.8) is 0 Å². The van der Waals surface area contributed by atoms with Gasteiger partial charge in [-0.2, -0.15) is 0 Å². The Labute approximate surface area is 195 Å². The molecule has 0 saturated heterocycles. The summed E-state index contributed by atoms with van der Waals surface area (Å²) in [5.74, 6) is -1.33. The van der Waals surface area contributed by atoms with Crippen molar-refractivity contribution < 1.29 is 24.2 Å². The molecule has 6 heteroatoms. The molecule has 6 nitrogen and oxygen atoms in total. The molecule has 0 bridgehead atoms. The number of pyridine rings is 1. The van der Waals surface area contributed by atoms with E-state index < -0.39 is 11.9 Å². The van der Waals surface area contributed by atoms with Crippen LogP contribution in [0.2, 0.25) is 0 Å². The normalized spacial score (nSPS) is 21.6. The fourth-order valence-corrected chi connectivity index (χ4v) is 4.62. The number of aromatic carboxylic acids is 1. The van der Waals surface area contributed by atoms with Crippen molar-refractivity contribution >= 4 is 17.7 Å². The van der Waals surface area contributed by atoms with E-state index in [0.717, 1.165) is 37.5 Å². The molecule has 0 radical (unpaired) electrons. The van der Waals surface area contributed by atoms with Crippen molar-refractivity contribution in [3.8, 4) is 5.88 Å². The predicted octanol–water partition coefficient (Wildman–Crippen LogP) is 5.70. The minimum absolute atomic E-state index is 0.000506. The van der Waals surface area contributed by atoms with E-state index in [4.69, 9.17) is 9.84 Å². The molecule has 33 heavy (non-hydrogen) atoms. The third-order valence-corrected chi connectivity index (χ3v) is 7.14. The summed E-state index contributed by atoms with van der Waals surface area (Å²) in [5.41, 5.74) is 2.91. The average molecular weight is 452 g/mol. The Morgan fingerprint density at radius 2 is 1.91 bits per heavy atom. The second-order valence-electron chi connectivity index (χ2n) is 9.74. The maximum Gasteiger partial charge on any atom is 0.345 e. The minimum Gasteiger partial charge on any atom is -0.478 e. The molecule has 1 N–H and O–H groups in total. The number of ketones is 1. The van der Waals surface area contributed by atoms with Crippen molar-refractivity contribution in [1.82, 2.24) is 4.98 Å². The quantitative estimate of drug-likeness (QED) is 0.402. The Morgan fingerprint density at radius 1 is 1.18 bits per heavy atom. The molecular formula is C27H33NO5. The number of carboxylic acid groups (broad SMARTS) is 1. The standard InChI is InChI=1S/C27H33NO5/c1-6-7-8-9-23(29)20-14-22-19(16(2)12-17(3)27(22,4)5)13-21(20)26(32)33-24-11-10-18(15-28-24)25(30)31/h10-11,13-15,17,22H,6-9,12H2,1-5H3,(H,30,31). The number of hydrogen-bond donors (Lipinski definition) is 1. The highest BCUT2D eigenvalue weighted by Crippen LogP contribution is 2.51. The van der Waals surface area contributed by atoms with Crippen LogP contribution >= 0.6 is 0 Å². The zero-order valence-electron chi connectivity index (χ0n) is 20.1. The number of unbranched alkanes of at least 4 members (excludes halogenated alkanes) is 2. The first-order valence-electron chi connectivity index (χ1n) is 11.6. The summed E-state index contributed by atoms with van der Waals surface area (Å²) in [7, 11) is 0. The summed E-state index contributed by atoms with van der Waals surface area (Å²) in [6.45, 7) is 10.8. The molecule has 0 saturated carbocycles. The van der Waals surface area contributed by atoms with Crippen LogP contribution in [-0.4, -0.2) is 27.8 Å². The molecule has 2 atom stereocenters. The van der Waals surface area contributed by atoms with Gasteiger partial charge in [-0.25, -0.2) is 14.6 Å². The Kier molecular flexibility index (Phi) is 7.35. The zero-order chi connectivity index (χ0) is 24.3. The van der Waals surface area contributed by atoms with Gasteiger partial charge in [0.25, 0.3) is 0 Å². The van der Waals surface area contributed by atoms with Gasteiger partial charge < -0.3 is 9.84 Å². The van der Waals surface area contributed by atoms with Crippen LogP contribution < -0.4 is 4.74 Å². The van der Waals surface area contributed by atoms with E-state index in [9.17, 15) is 14.4 Å². The smallest absolute Gasteiger partial charge is 0.345 e. The van der Waals surface area contributed by atoms with Crippen LogP contribution in [0, 0.1) is 17.3 Å². The van der Waals surface area contributed by atoms with E-state index in [2.05, 4.69) is 39.6 Å².